The molecule has 1 heterocycles. The molecule has 1 fully saturated rings. The third kappa shape index (κ3) is 2.87. The average molecular weight is 204 g/mol. The van der Waals surface area contributed by atoms with Gasteiger partial charge in [-0.2, -0.15) is 0 Å². The first-order valence-corrected chi connectivity index (χ1v) is 5.54. The van der Waals surface area contributed by atoms with Gasteiger partial charge in [-0.3, -0.25) is 4.79 Å². The van der Waals surface area contributed by atoms with E-state index in [4.69, 9.17) is 11.6 Å². The second-order valence-electron chi connectivity index (χ2n) is 4.04. The lowest BCUT2D eigenvalue weighted by molar-refractivity contribution is -0.128. The van der Waals surface area contributed by atoms with Gasteiger partial charge in [0, 0.05) is 25.4 Å². The molecule has 2 atom stereocenters. The summed E-state index contributed by atoms with van der Waals surface area (Å²) < 4.78 is 0. The maximum atomic E-state index is 11.5. The minimum absolute atomic E-state index is 0.309. The zero-order valence-electron chi connectivity index (χ0n) is 8.42. The normalized spacial score (nSPS) is 25.3. The smallest absolute Gasteiger partial charge is 0.222 e. The summed E-state index contributed by atoms with van der Waals surface area (Å²) in [4.78, 5) is 13.4. The van der Waals surface area contributed by atoms with Crippen LogP contribution in [0.5, 0.6) is 0 Å². The molecule has 0 radical (unpaired) electrons. The lowest BCUT2D eigenvalue weighted by Gasteiger charge is -2.19. The number of halogens is 1. The van der Waals surface area contributed by atoms with Crippen LogP contribution in [0.15, 0.2) is 0 Å². The summed E-state index contributed by atoms with van der Waals surface area (Å²) in [6, 6.07) is 0. The van der Waals surface area contributed by atoms with Gasteiger partial charge in [-0.1, -0.05) is 20.3 Å². The van der Waals surface area contributed by atoms with Gasteiger partial charge in [0.1, 0.15) is 0 Å². The average Bonchev–Trinajstić information content (AvgIpc) is 2.47. The zero-order valence-corrected chi connectivity index (χ0v) is 9.18. The first kappa shape index (κ1) is 10.8. The van der Waals surface area contributed by atoms with Crippen LogP contribution in [0.2, 0.25) is 0 Å². The molecule has 0 aliphatic carbocycles. The molecule has 0 N–H and O–H groups in total. The fourth-order valence-corrected chi connectivity index (χ4v) is 1.83. The van der Waals surface area contributed by atoms with E-state index in [1.54, 1.807) is 0 Å². The Morgan fingerprint density at radius 2 is 2.38 bits per heavy atom. The van der Waals surface area contributed by atoms with Gasteiger partial charge >= 0.3 is 0 Å². The van der Waals surface area contributed by atoms with Crippen LogP contribution in [0.4, 0.5) is 0 Å². The number of likely N-dealkylation sites (tertiary alicyclic amines) is 1. The van der Waals surface area contributed by atoms with Crippen molar-refractivity contribution in [1.29, 1.82) is 0 Å². The van der Waals surface area contributed by atoms with E-state index >= 15 is 0 Å². The van der Waals surface area contributed by atoms with E-state index in [-0.39, 0.29) is 0 Å². The van der Waals surface area contributed by atoms with Crippen molar-refractivity contribution in [3.05, 3.63) is 0 Å². The summed E-state index contributed by atoms with van der Waals surface area (Å²) in [5, 5.41) is 0. The molecule has 0 aromatic heterocycles. The van der Waals surface area contributed by atoms with Gasteiger partial charge in [-0.25, -0.2) is 0 Å². The highest BCUT2D eigenvalue weighted by Gasteiger charge is 2.28. The molecule has 0 aromatic carbocycles. The third-order valence-corrected chi connectivity index (χ3v) is 3.19. The fourth-order valence-electron chi connectivity index (χ4n) is 1.73. The van der Waals surface area contributed by atoms with Gasteiger partial charge in [-0.05, 0) is 11.8 Å². The Hall–Kier alpha value is -0.240. The number of nitrogens with zero attached hydrogens (tertiary/aromatic N) is 1. The van der Waals surface area contributed by atoms with E-state index < -0.39 is 0 Å². The Morgan fingerprint density at radius 3 is 2.85 bits per heavy atom. The predicted octanol–water partition coefficient (Wildman–Crippen LogP) is 2.12. The van der Waals surface area contributed by atoms with E-state index in [2.05, 4.69) is 13.8 Å². The molecule has 0 aromatic rings. The number of hydrogen-bond acceptors (Lipinski definition) is 1. The summed E-state index contributed by atoms with van der Waals surface area (Å²) in [6.07, 6.45) is 1.85. The highest BCUT2D eigenvalue weighted by atomic mass is 35.5. The van der Waals surface area contributed by atoms with Crippen LogP contribution in [0.1, 0.15) is 26.7 Å². The minimum atomic E-state index is 0.309. The van der Waals surface area contributed by atoms with Crippen LogP contribution in [0.3, 0.4) is 0 Å². The Kier molecular flexibility index (Phi) is 4.04. The molecule has 76 valence electrons. The highest BCUT2D eigenvalue weighted by molar-refractivity contribution is 6.18. The van der Waals surface area contributed by atoms with Crippen molar-refractivity contribution in [1.82, 2.24) is 4.90 Å². The monoisotopic (exact) mass is 203 g/mol. The van der Waals surface area contributed by atoms with E-state index in [0.29, 0.717) is 23.6 Å². The molecule has 13 heavy (non-hydrogen) atoms. The van der Waals surface area contributed by atoms with Crippen molar-refractivity contribution < 1.29 is 4.79 Å². The Bertz CT molecular complexity index is 184. The van der Waals surface area contributed by atoms with E-state index in [1.807, 2.05) is 4.90 Å². The lowest BCUT2D eigenvalue weighted by Crippen LogP contribution is -2.30. The predicted molar refractivity (Wildman–Crippen MR) is 54.9 cm³/mol. The van der Waals surface area contributed by atoms with Crippen molar-refractivity contribution in [2.24, 2.45) is 11.8 Å². The van der Waals surface area contributed by atoms with E-state index in [0.717, 1.165) is 25.9 Å². The summed E-state index contributed by atoms with van der Waals surface area (Å²) in [7, 11) is 0. The molecule has 1 aliphatic heterocycles. The Labute approximate surface area is 85.2 Å². The number of alkyl halides is 1. The van der Waals surface area contributed by atoms with Gasteiger partial charge in [0.2, 0.25) is 5.91 Å². The number of carbonyl (C=O) groups is 1. The topological polar surface area (TPSA) is 20.3 Å². The summed E-state index contributed by atoms with van der Waals surface area (Å²) in [6.45, 7) is 6.00. The van der Waals surface area contributed by atoms with Gasteiger partial charge < -0.3 is 4.90 Å². The maximum absolute atomic E-state index is 11.5. The van der Waals surface area contributed by atoms with Gasteiger partial charge in [0.25, 0.3) is 0 Å². The van der Waals surface area contributed by atoms with Crippen molar-refractivity contribution >= 4 is 17.5 Å². The molecule has 1 amide bonds. The largest absolute Gasteiger partial charge is 0.342 e. The Morgan fingerprint density at radius 1 is 1.69 bits per heavy atom. The molecule has 0 bridgehead atoms. The number of amides is 1. The second kappa shape index (κ2) is 4.85. The molecule has 1 aliphatic rings. The standard InChI is InChI=1S/C10H18ClNO/c1-3-9-4-10(13)12(7-9)6-8(2)5-11/h8-9H,3-7H2,1-2H3. The van der Waals surface area contributed by atoms with Crippen LogP contribution in [0, 0.1) is 11.8 Å². The van der Waals surface area contributed by atoms with Crippen molar-refractivity contribution in [3.8, 4) is 0 Å². The SMILES string of the molecule is CCC1CC(=O)N(CC(C)CCl)C1. The molecular formula is C10H18ClNO. The number of rotatable bonds is 4. The summed E-state index contributed by atoms with van der Waals surface area (Å²) in [5.74, 6) is 1.95. The van der Waals surface area contributed by atoms with Gasteiger partial charge in [0.15, 0.2) is 0 Å². The van der Waals surface area contributed by atoms with Crippen LogP contribution in [-0.2, 0) is 4.79 Å². The second-order valence-corrected chi connectivity index (χ2v) is 4.35. The first-order valence-electron chi connectivity index (χ1n) is 5.01. The molecular weight excluding hydrogens is 186 g/mol. The molecule has 0 spiro atoms. The lowest BCUT2D eigenvalue weighted by atomic mass is 10.1. The first-order chi connectivity index (χ1) is 6.17. The summed E-state index contributed by atoms with van der Waals surface area (Å²) in [5.41, 5.74) is 0. The van der Waals surface area contributed by atoms with Crippen LogP contribution < -0.4 is 0 Å². The van der Waals surface area contributed by atoms with E-state index in [9.17, 15) is 4.79 Å². The third-order valence-electron chi connectivity index (χ3n) is 2.67. The molecule has 3 heteroatoms. The molecule has 1 saturated heterocycles. The van der Waals surface area contributed by atoms with Crippen LogP contribution in [-0.4, -0.2) is 29.8 Å². The Balaban J connectivity index is 2.39. The van der Waals surface area contributed by atoms with Gasteiger partial charge in [-0.15, -0.1) is 11.6 Å². The fraction of sp³-hybridized carbons (Fsp3) is 0.900. The van der Waals surface area contributed by atoms with Gasteiger partial charge in [0.05, 0.1) is 0 Å². The quantitative estimate of drug-likeness (QED) is 0.641. The van der Waals surface area contributed by atoms with Crippen LogP contribution in [0.25, 0.3) is 0 Å². The van der Waals surface area contributed by atoms with Crippen molar-refractivity contribution in [2.45, 2.75) is 26.7 Å². The van der Waals surface area contributed by atoms with Crippen molar-refractivity contribution in [2.75, 3.05) is 19.0 Å². The zero-order chi connectivity index (χ0) is 9.84. The highest BCUT2D eigenvalue weighted by Crippen LogP contribution is 2.21. The van der Waals surface area contributed by atoms with Crippen molar-refractivity contribution in [3.63, 3.8) is 0 Å². The molecule has 2 nitrogen and oxygen atoms in total. The minimum Gasteiger partial charge on any atom is -0.342 e. The molecule has 2 unspecified atom stereocenters. The molecule has 1 rings (SSSR count). The van der Waals surface area contributed by atoms with Crippen LogP contribution >= 0.6 is 11.6 Å². The number of hydrogen-bond donors (Lipinski definition) is 0. The van der Waals surface area contributed by atoms with E-state index in [1.165, 1.54) is 0 Å². The number of carbonyl (C=O) groups excluding carboxylic acids is 1. The molecule has 0 saturated carbocycles. The maximum Gasteiger partial charge on any atom is 0.222 e. The summed E-state index contributed by atoms with van der Waals surface area (Å²) >= 11 is 5.71.